The summed E-state index contributed by atoms with van der Waals surface area (Å²) in [7, 11) is 1.03. The summed E-state index contributed by atoms with van der Waals surface area (Å²) in [6, 6.07) is 0. The SMILES string of the molecule is COC(=O)[C@@]12OC[C@]34C([C@@H](O)C1O)[C@@]1(C)CC(=O)C(OC(=O)CC(C)C(F)(F)F)=C(C)C1C[C@H]3OC(=O)[C@H](O)[C@H]42. The van der Waals surface area contributed by atoms with Crippen molar-refractivity contribution in [3.63, 3.8) is 0 Å². The van der Waals surface area contributed by atoms with E-state index in [0.717, 1.165) is 14.0 Å². The lowest BCUT2D eigenvalue weighted by atomic mass is 9.38. The molecule has 0 aromatic rings. The Kier molecular flexibility index (Phi) is 6.50. The molecule has 0 aromatic heterocycles. The molecule has 5 rings (SSSR count). The summed E-state index contributed by atoms with van der Waals surface area (Å²) in [6.45, 7) is 3.65. The van der Waals surface area contributed by atoms with Gasteiger partial charge in [-0.1, -0.05) is 13.8 Å². The van der Waals surface area contributed by atoms with Gasteiger partial charge in [-0.15, -0.1) is 0 Å². The summed E-state index contributed by atoms with van der Waals surface area (Å²) in [6.07, 6.45) is -12.6. The molecule has 40 heavy (non-hydrogen) atoms. The minimum Gasteiger partial charge on any atom is -0.467 e. The van der Waals surface area contributed by atoms with Crippen molar-refractivity contribution in [2.45, 2.75) is 76.2 Å². The molecule has 2 saturated carbocycles. The number of aliphatic hydroxyl groups excluding tert-OH is 3. The Morgan fingerprint density at radius 1 is 1.18 bits per heavy atom. The summed E-state index contributed by atoms with van der Waals surface area (Å²) in [4.78, 5) is 51.6. The molecule has 0 amide bonds. The molecule has 2 bridgehead atoms. The summed E-state index contributed by atoms with van der Waals surface area (Å²) < 4.78 is 60.4. The maximum Gasteiger partial charge on any atom is 0.392 e. The topological polar surface area (TPSA) is 166 Å². The second-order valence-electron chi connectivity index (χ2n) is 12.0. The first-order valence-corrected chi connectivity index (χ1v) is 13.0. The minimum atomic E-state index is -4.64. The molecule has 5 aliphatic rings. The van der Waals surface area contributed by atoms with E-state index >= 15 is 0 Å². The van der Waals surface area contributed by atoms with Gasteiger partial charge in [-0.2, -0.15) is 13.2 Å². The Morgan fingerprint density at radius 2 is 1.82 bits per heavy atom. The van der Waals surface area contributed by atoms with Crippen LogP contribution in [0, 0.1) is 34.5 Å². The van der Waals surface area contributed by atoms with Gasteiger partial charge in [0.2, 0.25) is 0 Å². The first kappa shape index (κ1) is 29.0. The standard InChI is InChI=1S/C26H31F3O11/c1-9(26(27,28)29)5-14(31)40-17-10(2)11-6-13-24-8-38-25(22(36)37-4,19(24)16(33)21(35)39-13)20(34)15(32)18(24)23(11,3)7-12(17)30/h9,11,13,15-16,18-20,32-34H,5-8H2,1-4H3/t9?,11?,13-,15-,16-,18?,19-,20?,23+,24-,25+/m1/s1. The fraction of sp³-hybridized carbons (Fsp3) is 0.769. The zero-order valence-corrected chi connectivity index (χ0v) is 22.2. The number of hydrogen-bond donors (Lipinski definition) is 3. The average molecular weight is 577 g/mol. The molecular formula is C26H31F3O11. The van der Waals surface area contributed by atoms with Crippen LogP contribution in [0.1, 0.15) is 40.0 Å². The first-order valence-electron chi connectivity index (χ1n) is 13.0. The number of allylic oxidation sites excluding steroid dienone is 2. The molecule has 1 spiro atoms. The van der Waals surface area contributed by atoms with Crippen molar-refractivity contribution in [3.05, 3.63) is 11.3 Å². The lowest BCUT2D eigenvalue weighted by Gasteiger charge is -2.67. The van der Waals surface area contributed by atoms with E-state index in [1.54, 1.807) is 6.92 Å². The van der Waals surface area contributed by atoms with E-state index in [-0.39, 0.29) is 25.0 Å². The fourth-order valence-corrected chi connectivity index (χ4v) is 8.41. The largest absolute Gasteiger partial charge is 0.467 e. The highest BCUT2D eigenvalue weighted by molar-refractivity contribution is 5.98. The molecule has 11 nitrogen and oxygen atoms in total. The number of alkyl halides is 3. The predicted molar refractivity (Wildman–Crippen MR) is 122 cm³/mol. The van der Waals surface area contributed by atoms with Crippen LogP contribution in [-0.2, 0) is 38.1 Å². The number of halogens is 3. The Labute approximate surface area is 226 Å². The van der Waals surface area contributed by atoms with E-state index in [4.69, 9.17) is 18.9 Å². The van der Waals surface area contributed by atoms with Gasteiger partial charge in [0.1, 0.15) is 12.2 Å². The third-order valence-electron chi connectivity index (χ3n) is 10.1. The molecule has 0 radical (unpaired) electrons. The molecule has 14 heteroatoms. The lowest BCUT2D eigenvalue weighted by Crippen LogP contribution is -2.79. The van der Waals surface area contributed by atoms with Crippen LogP contribution in [-0.4, -0.2) is 88.9 Å². The van der Waals surface area contributed by atoms with Gasteiger partial charge in [0.05, 0.1) is 38.1 Å². The molecule has 3 N–H and O–H groups in total. The van der Waals surface area contributed by atoms with E-state index in [9.17, 15) is 47.7 Å². The summed E-state index contributed by atoms with van der Waals surface area (Å²) in [5.41, 5.74) is -4.65. The van der Waals surface area contributed by atoms with Crippen molar-refractivity contribution >= 4 is 23.7 Å². The maximum absolute atomic E-state index is 13.4. The molecule has 3 aliphatic carbocycles. The van der Waals surface area contributed by atoms with Crippen molar-refractivity contribution in [2.24, 2.45) is 34.5 Å². The van der Waals surface area contributed by atoms with Gasteiger partial charge in [-0.05, 0) is 30.3 Å². The van der Waals surface area contributed by atoms with Crippen molar-refractivity contribution < 1.29 is 66.6 Å². The summed E-state index contributed by atoms with van der Waals surface area (Å²) in [5, 5.41) is 33.9. The number of Topliss-reactive ketones (excluding diaryl/α,β-unsaturated/α-hetero) is 1. The van der Waals surface area contributed by atoms with Crippen LogP contribution >= 0.6 is 0 Å². The molecule has 222 valence electrons. The second kappa shape index (κ2) is 8.97. The number of methoxy groups -OCH3 is 1. The van der Waals surface area contributed by atoms with Crippen molar-refractivity contribution in [2.75, 3.05) is 13.7 Å². The smallest absolute Gasteiger partial charge is 0.392 e. The fourth-order valence-electron chi connectivity index (χ4n) is 8.41. The molecule has 11 atom stereocenters. The maximum atomic E-state index is 13.4. The van der Waals surface area contributed by atoms with E-state index in [2.05, 4.69) is 0 Å². The van der Waals surface area contributed by atoms with Crippen molar-refractivity contribution in [1.82, 2.24) is 0 Å². The Hall–Kier alpha value is -2.55. The molecule has 4 fully saturated rings. The Balaban J connectivity index is 1.58. The van der Waals surface area contributed by atoms with Gasteiger partial charge in [-0.3, -0.25) is 9.59 Å². The number of carbonyl (C=O) groups excluding carboxylic acids is 4. The second-order valence-corrected chi connectivity index (χ2v) is 12.0. The number of ether oxygens (including phenoxy) is 4. The average Bonchev–Trinajstić information content (AvgIpc) is 3.17. The highest BCUT2D eigenvalue weighted by atomic mass is 19.4. The van der Waals surface area contributed by atoms with Crippen LogP contribution in [0.5, 0.6) is 0 Å². The van der Waals surface area contributed by atoms with Crippen LogP contribution < -0.4 is 0 Å². The van der Waals surface area contributed by atoms with Gasteiger partial charge < -0.3 is 34.3 Å². The zero-order chi connectivity index (χ0) is 29.7. The number of esters is 3. The van der Waals surface area contributed by atoms with Gasteiger partial charge in [0.15, 0.2) is 23.2 Å². The van der Waals surface area contributed by atoms with E-state index in [1.165, 1.54) is 6.92 Å². The third-order valence-corrected chi connectivity index (χ3v) is 10.1. The number of hydrogen-bond acceptors (Lipinski definition) is 11. The summed E-state index contributed by atoms with van der Waals surface area (Å²) in [5.74, 6) is -9.64. The molecule has 2 saturated heterocycles. The molecular weight excluding hydrogens is 545 g/mol. The Bertz CT molecular complexity index is 1200. The highest BCUT2D eigenvalue weighted by Crippen LogP contribution is 2.72. The normalized spacial score (nSPS) is 44.8. The van der Waals surface area contributed by atoms with Gasteiger partial charge in [0, 0.05) is 17.8 Å². The molecule has 2 heterocycles. The number of rotatable bonds is 4. The van der Waals surface area contributed by atoms with Crippen LogP contribution in [0.2, 0.25) is 0 Å². The van der Waals surface area contributed by atoms with Crippen LogP contribution in [0.15, 0.2) is 11.3 Å². The number of fused-ring (bicyclic) bond motifs is 2. The van der Waals surface area contributed by atoms with Crippen LogP contribution in [0.4, 0.5) is 13.2 Å². The monoisotopic (exact) mass is 576 g/mol. The predicted octanol–water partition coefficient (Wildman–Crippen LogP) is 0.574. The number of carbonyl (C=O) groups is 4. The van der Waals surface area contributed by atoms with Gasteiger partial charge in [0.25, 0.3) is 0 Å². The van der Waals surface area contributed by atoms with Gasteiger partial charge >= 0.3 is 24.1 Å². The zero-order valence-electron chi connectivity index (χ0n) is 22.2. The van der Waals surface area contributed by atoms with Crippen LogP contribution in [0.25, 0.3) is 0 Å². The lowest BCUT2D eigenvalue weighted by molar-refractivity contribution is -0.289. The van der Waals surface area contributed by atoms with Crippen molar-refractivity contribution in [3.8, 4) is 0 Å². The highest BCUT2D eigenvalue weighted by Gasteiger charge is 2.84. The third kappa shape index (κ3) is 3.51. The van der Waals surface area contributed by atoms with Gasteiger partial charge in [-0.25, -0.2) is 9.59 Å². The van der Waals surface area contributed by atoms with Crippen LogP contribution in [0.3, 0.4) is 0 Å². The first-order chi connectivity index (χ1) is 18.5. The molecule has 0 aromatic carbocycles. The van der Waals surface area contributed by atoms with E-state index in [0.29, 0.717) is 0 Å². The van der Waals surface area contributed by atoms with Crippen molar-refractivity contribution in [1.29, 1.82) is 0 Å². The van der Waals surface area contributed by atoms with E-state index < -0.39 is 107 Å². The minimum absolute atomic E-state index is 0.00447. The molecule has 2 aliphatic heterocycles. The van der Waals surface area contributed by atoms with E-state index in [1.807, 2.05) is 0 Å². The Morgan fingerprint density at radius 3 is 2.42 bits per heavy atom. The molecule has 4 unspecified atom stereocenters. The summed E-state index contributed by atoms with van der Waals surface area (Å²) >= 11 is 0. The number of aliphatic hydroxyl groups is 3. The number of ketones is 1. The quantitative estimate of drug-likeness (QED) is 0.316.